The van der Waals surface area contributed by atoms with Crippen molar-refractivity contribution in [1.29, 1.82) is 0 Å². The van der Waals surface area contributed by atoms with Crippen molar-refractivity contribution in [3.8, 4) is 11.1 Å². The summed E-state index contributed by atoms with van der Waals surface area (Å²) >= 11 is 0. The lowest BCUT2D eigenvalue weighted by atomic mass is 9.87. The number of fused-ring (bicyclic) bond motifs is 2. The molecule has 3 aromatic rings. The molecule has 0 spiro atoms. The number of hydrogen-bond donors (Lipinski definition) is 0. The smallest absolute Gasteiger partial charge is 0.230 e. The number of halogens is 2. The Labute approximate surface area is 218 Å². The van der Waals surface area contributed by atoms with Gasteiger partial charge in [-0.15, -0.1) is 0 Å². The van der Waals surface area contributed by atoms with Crippen LogP contribution in [0.2, 0.25) is 0 Å². The summed E-state index contributed by atoms with van der Waals surface area (Å²) in [6.45, 7) is 1.94. The zero-order valence-corrected chi connectivity index (χ0v) is 21.8. The highest BCUT2D eigenvalue weighted by atomic mass is 19.1. The first kappa shape index (κ1) is 25.2. The molecular formula is C32H34F2N2O. The van der Waals surface area contributed by atoms with E-state index in [0.717, 1.165) is 36.1 Å². The molecule has 3 aromatic carbocycles. The molecule has 3 atom stereocenters. The number of allylic oxidation sites excluding steroid dienone is 1. The predicted octanol–water partition coefficient (Wildman–Crippen LogP) is 7.70. The first-order chi connectivity index (χ1) is 17.8. The lowest BCUT2D eigenvalue weighted by molar-refractivity contribution is -0.124. The van der Waals surface area contributed by atoms with Crippen LogP contribution < -0.4 is 9.80 Å². The number of carbonyl (C=O) groups excluding carboxylic acids is 1. The standard InChI is InChI=1S/C32H34F2N2O/c1-4-5-21-15-27(33)19-29(16-21)36(32(37)30-17-22-6-7-25(30)14-22)20-26-9-8-24(18-31(26)34)23-10-12-28(13-11-23)35(2)3/h4-5,8-13,15-16,18-19,22,25,30H,6-7,14,17,20H2,1-3H3/b5-4+. The topological polar surface area (TPSA) is 23.6 Å². The summed E-state index contributed by atoms with van der Waals surface area (Å²) in [5.74, 6) is 0.0952. The van der Waals surface area contributed by atoms with Gasteiger partial charge in [0.2, 0.25) is 5.91 Å². The number of anilines is 2. The number of benzene rings is 3. The Kier molecular flexibility index (Phi) is 7.14. The van der Waals surface area contributed by atoms with E-state index in [9.17, 15) is 9.18 Å². The molecule has 3 nitrogen and oxygen atoms in total. The van der Waals surface area contributed by atoms with Crippen LogP contribution in [0.25, 0.3) is 17.2 Å². The van der Waals surface area contributed by atoms with Gasteiger partial charge in [0.15, 0.2) is 0 Å². The van der Waals surface area contributed by atoms with Gasteiger partial charge in [0.05, 0.1) is 6.54 Å². The van der Waals surface area contributed by atoms with Gasteiger partial charge in [-0.2, -0.15) is 0 Å². The number of carbonyl (C=O) groups is 1. The third kappa shape index (κ3) is 5.31. The van der Waals surface area contributed by atoms with E-state index in [4.69, 9.17) is 0 Å². The van der Waals surface area contributed by atoms with Gasteiger partial charge in [-0.3, -0.25) is 4.79 Å². The second-order valence-corrected chi connectivity index (χ2v) is 10.7. The second-order valence-electron chi connectivity index (χ2n) is 10.7. The van der Waals surface area contributed by atoms with Gasteiger partial charge in [-0.25, -0.2) is 8.78 Å². The van der Waals surface area contributed by atoms with Crippen LogP contribution in [-0.2, 0) is 11.3 Å². The fraction of sp³-hybridized carbons (Fsp3) is 0.344. The van der Waals surface area contributed by atoms with Gasteiger partial charge < -0.3 is 9.80 Å². The Hall–Kier alpha value is -3.47. The van der Waals surface area contributed by atoms with E-state index in [2.05, 4.69) is 0 Å². The van der Waals surface area contributed by atoms with Crippen molar-refractivity contribution < 1.29 is 13.6 Å². The highest BCUT2D eigenvalue weighted by Gasteiger charge is 2.44. The van der Waals surface area contributed by atoms with Gasteiger partial charge in [0.25, 0.3) is 0 Å². The molecule has 2 fully saturated rings. The molecule has 192 valence electrons. The molecule has 5 rings (SSSR count). The molecular weight excluding hydrogens is 466 g/mol. The summed E-state index contributed by atoms with van der Waals surface area (Å²) in [7, 11) is 3.96. The third-order valence-electron chi connectivity index (χ3n) is 8.00. The Morgan fingerprint density at radius 2 is 1.68 bits per heavy atom. The van der Waals surface area contributed by atoms with Gasteiger partial charge >= 0.3 is 0 Å². The molecule has 1 amide bonds. The third-order valence-corrected chi connectivity index (χ3v) is 8.00. The molecule has 0 saturated heterocycles. The summed E-state index contributed by atoms with van der Waals surface area (Å²) in [6.07, 6.45) is 7.87. The molecule has 0 aromatic heterocycles. The van der Waals surface area contributed by atoms with E-state index in [1.165, 1.54) is 24.6 Å². The number of hydrogen-bond acceptors (Lipinski definition) is 2. The summed E-state index contributed by atoms with van der Waals surface area (Å²) in [4.78, 5) is 17.5. The SMILES string of the molecule is C/C=C/c1cc(F)cc(N(Cc2ccc(-c3ccc(N(C)C)cc3)cc2F)C(=O)C2CC3CCC2C3)c1. The van der Waals surface area contributed by atoms with Gasteiger partial charge in [0, 0.05) is 37.0 Å². The highest BCUT2D eigenvalue weighted by molar-refractivity contribution is 5.95. The van der Waals surface area contributed by atoms with Crippen molar-refractivity contribution in [2.45, 2.75) is 39.2 Å². The number of amides is 1. The fourth-order valence-corrected chi connectivity index (χ4v) is 6.06. The fourth-order valence-electron chi connectivity index (χ4n) is 6.06. The molecule has 2 aliphatic carbocycles. The van der Waals surface area contributed by atoms with Crippen molar-refractivity contribution in [2.75, 3.05) is 23.9 Å². The Morgan fingerprint density at radius 3 is 2.30 bits per heavy atom. The maximum atomic E-state index is 15.5. The summed E-state index contributed by atoms with van der Waals surface area (Å²) in [5, 5.41) is 0. The summed E-state index contributed by atoms with van der Waals surface area (Å²) in [5.41, 5.74) is 4.35. The molecule has 5 heteroatoms. The Bertz CT molecular complexity index is 1310. The minimum absolute atomic E-state index is 0.0213. The molecule has 0 aliphatic heterocycles. The van der Waals surface area contributed by atoms with E-state index in [0.29, 0.717) is 28.7 Å². The van der Waals surface area contributed by atoms with Crippen LogP contribution in [0.4, 0.5) is 20.2 Å². The monoisotopic (exact) mass is 500 g/mol. The largest absolute Gasteiger partial charge is 0.378 e. The maximum absolute atomic E-state index is 15.5. The summed E-state index contributed by atoms with van der Waals surface area (Å²) in [6, 6.07) is 17.8. The molecule has 0 radical (unpaired) electrons. The average molecular weight is 501 g/mol. The van der Waals surface area contributed by atoms with Crippen molar-refractivity contribution in [3.05, 3.63) is 89.5 Å². The van der Waals surface area contributed by atoms with Crippen LogP contribution in [0.1, 0.15) is 43.7 Å². The Morgan fingerprint density at radius 1 is 0.919 bits per heavy atom. The van der Waals surface area contributed by atoms with Crippen molar-refractivity contribution in [1.82, 2.24) is 0 Å². The molecule has 3 unspecified atom stereocenters. The minimum atomic E-state index is -0.409. The predicted molar refractivity (Wildman–Crippen MR) is 147 cm³/mol. The normalized spacial score (nSPS) is 20.5. The Balaban J connectivity index is 1.46. The average Bonchev–Trinajstić information content (AvgIpc) is 3.52. The number of nitrogens with zero attached hydrogens (tertiary/aromatic N) is 2. The molecule has 2 bridgehead atoms. The van der Waals surface area contributed by atoms with Crippen LogP contribution in [0.15, 0.2) is 66.7 Å². The second kappa shape index (κ2) is 10.5. The van der Waals surface area contributed by atoms with Crippen LogP contribution in [0.5, 0.6) is 0 Å². The quantitative estimate of drug-likeness (QED) is 0.332. The zero-order chi connectivity index (χ0) is 26.1. The van der Waals surface area contributed by atoms with Crippen molar-refractivity contribution in [2.24, 2.45) is 17.8 Å². The van der Waals surface area contributed by atoms with Crippen LogP contribution >= 0.6 is 0 Å². The minimum Gasteiger partial charge on any atom is -0.378 e. The van der Waals surface area contributed by atoms with E-state index < -0.39 is 5.82 Å². The lowest BCUT2D eigenvalue weighted by Crippen LogP contribution is -2.38. The van der Waals surface area contributed by atoms with Crippen LogP contribution in [-0.4, -0.2) is 20.0 Å². The first-order valence-corrected chi connectivity index (χ1v) is 13.1. The van der Waals surface area contributed by atoms with Crippen molar-refractivity contribution >= 4 is 23.4 Å². The maximum Gasteiger partial charge on any atom is 0.230 e. The van der Waals surface area contributed by atoms with E-state index in [-0.39, 0.29) is 24.2 Å². The van der Waals surface area contributed by atoms with Crippen molar-refractivity contribution in [3.63, 3.8) is 0 Å². The molecule has 37 heavy (non-hydrogen) atoms. The van der Waals surface area contributed by atoms with Gasteiger partial charge in [-0.05, 0) is 91.1 Å². The van der Waals surface area contributed by atoms with E-state index in [1.54, 1.807) is 11.0 Å². The van der Waals surface area contributed by atoms with Gasteiger partial charge in [0.1, 0.15) is 11.6 Å². The summed E-state index contributed by atoms with van der Waals surface area (Å²) < 4.78 is 30.0. The van der Waals surface area contributed by atoms with E-state index >= 15 is 4.39 Å². The lowest BCUT2D eigenvalue weighted by Gasteiger charge is -2.30. The molecule has 0 N–H and O–H groups in total. The first-order valence-electron chi connectivity index (χ1n) is 13.1. The molecule has 2 aliphatic rings. The molecule has 2 saturated carbocycles. The molecule has 0 heterocycles. The highest BCUT2D eigenvalue weighted by Crippen LogP contribution is 2.49. The number of rotatable bonds is 7. The van der Waals surface area contributed by atoms with Crippen LogP contribution in [0, 0.1) is 29.4 Å². The zero-order valence-electron chi connectivity index (χ0n) is 21.8. The van der Waals surface area contributed by atoms with E-state index in [1.807, 2.05) is 74.5 Å². The van der Waals surface area contributed by atoms with Crippen LogP contribution in [0.3, 0.4) is 0 Å². The van der Waals surface area contributed by atoms with Gasteiger partial charge in [-0.1, -0.05) is 42.8 Å².